The molecular weight excluding hydrogens is 282 g/mol. The lowest BCUT2D eigenvalue weighted by Gasteiger charge is -2.08. The third kappa shape index (κ3) is 1.59. The van der Waals surface area contributed by atoms with Crippen molar-refractivity contribution >= 4 is 38.5 Å². The minimum absolute atomic E-state index is 0.985. The third-order valence-corrected chi connectivity index (χ3v) is 4.55. The van der Waals surface area contributed by atoms with Gasteiger partial charge in [-0.1, -0.05) is 30.3 Å². The Morgan fingerprint density at radius 1 is 0.826 bits per heavy atom. The minimum Gasteiger partial charge on any atom is -0.292 e. The third-order valence-electron chi connectivity index (χ3n) is 4.55. The summed E-state index contributed by atoms with van der Waals surface area (Å²) in [6.45, 7) is 4.19. The molecule has 0 radical (unpaired) electrons. The number of fused-ring (bicyclic) bond motifs is 8. The van der Waals surface area contributed by atoms with E-state index in [0.29, 0.717) is 0 Å². The fourth-order valence-corrected chi connectivity index (χ4v) is 3.49. The van der Waals surface area contributed by atoms with Gasteiger partial charge in [0.1, 0.15) is 5.65 Å². The van der Waals surface area contributed by atoms with E-state index >= 15 is 0 Å². The van der Waals surface area contributed by atoms with Crippen LogP contribution in [0.5, 0.6) is 0 Å². The quantitative estimate of drug-likeness (QED) is 0.384. The summed E-state index contributed by atoms with van der Waals surface area (Å²) >= 11 is 0. The SMILES string of the molecule is Cc1cnc2c3ccccc3n3c4cccc(C)c4nc3c2c1. The summed E-state index contributed by atoms with van der Waals surface area (Å²) in [6.07, 6.45) is 1.93. The van der Waals surface area contributed by atoms with Crippen molar-refractivity contribution in [2.24, 2.45) is 0 Å². The average molecular weight is 297 g/mol. The Morgan fingerprint density at radius 3 is 2.57 bits per heavy atom. The number of hydrogen-bond donors (Lipinski definition) is 0. The Balaban J connectivity index is 2.22. The fourth-order valence-electron chi connectivity index (χ4n) is 3.49. The summed E-state index contributed by atoms with van der Waals surface area (Å²) < 4.78 is 2.26. The summed E-state index contributed by atoms with van der Waals surface area (Å²) in [5, 5.41) is 2.27. The van der Waals surface area contributed by atoms with Crippen molar-refractivity contribution in [3.8, 4) is 0 Å². The Morgan fingerprint density at radius 2 is 1.65 bits per heavy atom. The molecule has 0 amide bonds. The van der Waals surface area contributed by atoms with Crippen molar-refractivity contribution in [1.29, 1.82) is 0 Å². The summed E-state index contributed by atoms with van der Waals surface area (Å²) in [7, 11) is 0. The smallest absolute Gasteiger partial charge is 0.147 e. The molecule has 0 saturated heterocycles. The zero-order valence-electron chi connectivity index (χ0n) is 13.0. The number of pyridine rings is 2. The van der Waals surface area contributed by atoms with Crippen LogP contribution in [0.1, 0.15) is 11.1 Å². The molecule has 0 saturated carbocycles. The molecule has 0 fully saturated rings. The van der Waals surface area contributed by atoms with E-state index in [1.54, 1.807) is 0 Å². The summed E-state index contributed by atoms with van der Waals surface area (Å²) in [5.41, 5.74) is 7.72. The van der Waals surface area contributed by atoms with Gasteiger partial charge in [-0.3, -0.25) is 9.38 Å². The Bertz CT molecular complexity index is 1230. The highest BCUT2D eigenvalue weighted by Crippen LogP contribution is 2.32. The van der Waals surface area contributed by atoms with E-state index in [4.69, 9.17) is 9.97 Å². The van der Waals surface area contributed by atoms with Crippen molar-refractivity contribution in [1.82, 2.24) is 14.4 Å². The summed E-state index contributed by atoms with van der Waals surface area (Å²) in [4.78, 5) is 9.66. The first-order valence-electron chi connectivity index (χ1n) is 7.79. The molecule has 0 unspecified atom stereocenters. The first kappa shape index (κ1) is 12.6. The lowest BCUT2D eigenvalue weighted by Crippen LogP contribution is -1.93. The van der Waals surface area contributed by atoms with Gasteiger partial charge in [0.2, 0.25) is 0 Å². The standard InChI is InChI=1S/C20H15N3/c1-12-10-15-19(21-11-12)14-7-3-4-8-16(14)23-17-9-5-6-13(2)18(17)22-20(15)23/h3-11H,1-2H3. The first-order valence-corrected chi connectivity index (χ1v) is 7.79. The lowest BCUT2D eigenvalue weighted by molar-refractivity contribution is 1.29. The zero-order valence-corrected chi connectivity index (χ0v) is 13.0. The van der Waals surface area contributed by atoms with E-state index in [0.717, 1.165) is 44.0 Å². The van der Waals surface area contributed by atoms with E-state index in [-0.39, 0.29) is 0 Å². The molecule has 0 N–H and O–H groups in total. The van der Waals surface area contributed by atoms with Crippen molar-refractivity contribution in [2.75, 3.05) is 0 Å². The van der Waals surface area contributed by atoms with Crippen LogP contribution >= 0.6 is 0 Å². The molecule has 110 valence electrons. The highest BCUT2D eigenvalue weighted by Gasteiger charge is 2.14. The predicted octanol–water partition coefficient (Wildman–Crippen LogP) is 4.81. The molecule has 5 rings (SSSR count). The maximum absolute atomic E-state index is 4.96. The highest BCUT2D eigenvalue weighted by atomic mass is 15.0. The number of rotatable bonds is 0. The van der Waals surface area contributed by atoms with Crippen LogP contribution in [0.4, 0.5) is 0 Å². The van der Waals surface area contributed by atoms with Gasteiger partial charge in [-0.25, -0.2) is 4.98 Å². The summed E-state index contributed by atoms with van der Waals surface area (Å²) in [6, 6.07) is 17.0. The largest absolute Gasteiger partial charge is 0.292 e. The Hall–Kier alpha value is -2.94. The van der Waals surface area contributed by atoms with Crippen LogP contribution in [-0.4, -0.2) is 14.4 Å². The number of aryl methyl sites for hydroxylation is 2. The minimum atomic E-state index is 0.985. The molecule has 0 spiro atoms. The number of hydrogen-bond acceptors (Lipinski definition) is 2. The Kier molecular flexibility index (Phi) is 2.35. The van der Waals surface area contributed by atoms with Gasteiger partial charge in [-0.05, 0) is 43.2 Å². The molecule has 2 aromatic carbocycles. The van der Waals surface area contributed by atoms with E-state index in [2.05, 4.69) is 66.8 Å². The molecule has 23 heavy (non-hydrogen) atoms. The van der Waals surface area contributed by atoms with Gasteiger partial charge in [-0.2, -0.15) is 0 Å². The maximum Gasteiger partial charge on any atom is 0.147 e. The normalized spacial score (nSPS) is 11.9. The number of aromatic nitrogens is 3. The van der Waals surface area contributed by atoms with Gasteiger partial charge in [-0.15, -0.1) is 0 Å². The topological polar surface area (TPSA) is 30.2 Å². The van der Waals surface area contributed by atoms with Crippen molar-refractivity contribution < 1.29 is 0 Å². The van der Waals surface area contributed by atoms with Crippen molar-refractivity contribution in [2.45, 2.75) is 13.8 Å². The van der Waals surface area contributed by atoms with Crippen LogP contribution in [0, 0.1) is 13.8 Å². The highest BCUT2D eigenvalue weighted by molar-refractivity contribution is 6.12. The number of imidazole rings is 1. The van der Waals surface area contributed by atoms with Crippen LogP contribution in [0.2, 0.25) is 0 Å². The molecule has 0 aliphatic carbocycles. The molecular formula is C20H15N3. The second kappa shape index (κ2) is 4.29. The molecule has 3 heterocycles. The molecule has 3 nitrogen and oxygen atoms in total. The van der Waals surface area contributed by atoms with Gasteiger partial charge in [0.15, 0.2) is 0 Å². The monoisotopic (exact) mass is 297 g/mol. The van der Waals surface area contributed by atoms with Crippen LogP contribution < -0.4 is 0 Å². The molecule has 5 aromatic rings. The van der Waals surface area contributed by atoms with Crippen LogP contribution in [0.25, 0.3) is 38.5 Å². The molecule has 0 atom stereocenters. The number of benzene rings is 2. The van der Waals surface area contributed by atoms with Gasteiger partial charge in [0, 0.05) is 17.0 Å². The average Bonchev–Trinajstić information content (AvgIpc) is 2.96. The zero-order chi connectivity index (χ0) is 15.6. The van der Waals surface area contributed by atoms with Crippen LogP contribution in [0.3, 0.4) is 0 Å². The maximum atomic E-state index is 4.96. The van der Waals surface area contributed by atoms with E-state index in [1.807, 2.05) is 6.20 Å². The Labute approximate surface area is 133 Å². The second-order valence-electron chi connectivity index (χ2n) is 6.14. The van der Waals surface area contributed by atoms with Gasteiger partial charge < -0.3 is 0 Å². The van der Waals surface area contributed by atoms with Gasteiger partial charge >= 0.3 is 0 Å². The van der Waals surface area contributed by atoms with Crippen molar-refractivity contribution in [3.05, 3.63) is 65.9 Å². The second-order valence-corrected chi connectivity index (χ2v) is 6.14. The van der Waals surface area contributed by atoms with E-state index in [9.17, 15) is 0 Å². The molecule has 3 aromatic heterocycles. The van der Waals surface area contributed by atoms with E-state index in [1.165, 1.54) is 5.56 Å². The number of para-hydroxylation sites is 2. The van der Waals surface area contributed by atoms with E-state index < -0.39 is 0 Å². The van der Waals surface area contributed by atoms with Crippen LogP contribution in [-0.2, 0) is 0 Å². The molecule has 3 heteroatoms. The molecule has 0 aliphatic rings. The van der Waals surface area contributed by atoms with Gasteiger partial charge in [0.05, 0.1) is 22.1 Å². The van der Waals surface area contributed by atoms with Crippen LogP contribution in [0.15, 0.2) is 54.7 Å². The molecule has 0 aliphatic heterocycles. The molecule has 0 bridgehead atoms. The number of nitrogens with zero attached hydrogens (tertiary/aromatic N) is 3. The van der Waals surface area contributed by atoms with Gasteiger partial charge in [0.25, 0.3) is 0 Å². The summed E-state index contributed by atoms with van der Waals surface area (Å²) in [5.74, 6) is 0. The van der Waals surface area contributed by atoms with Crippen molar-refractivity contribution in [3.63, 3.8) is 0 Å². The lowest BCUT2D eigenvalue weighted by atomic mass is 10.1. The predicted molar refractivity (Wildman–Crippen MR) is 95.0 cm³/mol. The fraction of sp³-hybridized carbons (Fsp3) is 0.100. The first-order chi connectivity index (χ1) is 11.2.